The van der Waals surface area contributed by atoms with Crippen LogP contribution in [0.4, 0.5) is 13.2 Å². The Labute approximate surface area is 91.4 Å². The summed E-state index contributed by atoms with van der Waals surface area (Å²) in [7, 11) is 0. The normalized spacial score (nSPS) is 16.1. The van der Waals surface area contributed by atoms with E-state index in [0.717, 1.165) is 18.3 Å². The van der Waals surface area contributed by atoms with E-state index in [4.69, 9.17) is 0 Å². The third-order valence-corrected chi connectivity index (χ3v) is 3.48. The lowest BCUT2D eigenvalue weighted by molar-refractivity contribution is 0.0214. The molecule has 0 saturated carbocycles. The highest BCUT2D eigenvalue weighted by molar-refractivity contribution is 7.10. The van der Waals surface area contributed by atoms with Gasteiger partial charge in [0.1, 0.15) is 0 Å². The SMILES string of the molecule is C=C(C)C(C)(F)c1csc(C(C)(F)F)c1. The molecule has 0 aliphatic heterocycles. The van der Waals surface area contributed by atoms with Gasteiger partial charge < -0.3 is 0 Å². The van der Waals surface area contributed by atoms with Gasteiger partial charge >= 0.3 is 0 Å². The van der Waals surface area contributed by atoms with Crippen molar-refractivity contribution in [3.63, 3.8) is 0 Å². The molecule has 0 amide bonds. The number of halogens is 3. The Morgan fingerprint density at radius 2 is 1.87 bits per heavy atom. The standard InChI is InChI=1S/C11H13F3S/c1-7(2)10(3,12)8-5-9(15-6-8)11(4,13)14/h5-6H,1H2,2-4H3. The Hall–Kier alpha value is -0.770. The van der Waals surface area contributed by atoms with Gasteiger partial charge in [-0.2, -0.15) is 0 Å². The van der Waals surface area contributed by atoms with Crippen LogP contribution in [0.2, 0.25) is 0 Å². The quantitative estimate of drug-likeness (QED) is 0.669. The fourth-order valence-corrected chi connectivity index (χ4v) is 2.00. The minimum atomic E-state index is -2.91. The lowest BCUT2D eigenvalue weighted by Crippen LogP contribution is -2.15. The number of rotatable bonds is 3. The molecule has 0 aliphatic rings. The van der Waals surface area contributed by atoms with Crippen LogP contribution in [-0.4, -0.2) is 0 Å². The molecule has 15 heavy (non-hydrogen) atoms. The summed E-state index contributed by atoms with van der Waals surface area (Å²) in [4.78, 5) is -0.123. The van der Waals surface area contributed by atoms with E-state index in [1.165, 1.54) is 18.4 Å². The zero-order valence-electron chi connectivity index (χ0n) is 8.90. The van der Waals surface area contributed by atoms with Crippen molar-refractivity contribution >= 4 is 11.3 Å². The monoisotopic (exact) mass is 234 g/mol. The number of alkyl halides is 3. The Kier molecular flexibility index (Phi) is 3.01. The first-order chi connectivity index (χ1) is 6.65. The van der Waals surface area contributed by atoms with E-state index in [9.17, 15) is 13.2 Å². The van der Waals surface area contributed by atoms with Gasteiger partial charge in [-0.1, -0.05) is 6.58 Å². The lowest BCUT2D eigenvalue weighted by atomic mass is 9.93. The van der Waals surface area contributed by atoms with Crippen LogP contribution in [0.25, 0.3) is 0 Å². The summed E-state index contributed by atoms with van der Waals surface area (Å²) >= 11 is 0.870. The van der Waals surface area contributed by atoms with Gasteiger partial charge in [0.15, 0.2) is 5.67 Å². The summed E-state index contributed by atoms with van der Waals surface area (Å²) in [6.07, 6.45) is 0. The third kappa shape index (κ3) is 2.43. The van der Waals surface area contributed by atoms with Crippen molar-refractivity contribution in [2.75, 3.05) is 0 Å². The van der Waals surface area contributed by atoms with Gasteiger partial charge in [-0.3, -0.25) is 0 Å². The Balaban J connectivity index is 3.10. The molecule has 1 rings (SSSR count). The molecule has 0 aromatic carbocycles. The molecule has 0 aliphatic carbocycles. The smallest absolute Gasteiger partial charge is 0.234 e. The number of allylic oxidation sites excluding steroid dienone is 1. The molecule has 0 nitrogen and oxygen atoms in total. The van der Waals surface area contributed by atoms with Gasteiger partial charge in [-0.15, -0.1) is 11.3 Å². The average Bonchev–Trinajstić information content (AvgIpc) is 2.50. The van der Waals surface area contributed by atoms with Gasteiger partial charge in [0.2, 0.25) is 0 Å². The summed E-state index contributed by atoms with van der Waals surface area (Å²) in [5.41, 5.74) is -1.18. The molecule has 1 heterocycles. The highest BCUT2D eigenvalue weighted by Gasteiger charge is 2.32. The van der Waals surface area contributed by atoms with E-state index < -0.39 is 11.6 Å². The molecule has 1 aromatic rings. The maximum Gasteiger partial charge on any atom is 0.279 e. The first kappa shape index (κ1) is 12.3. The van der Waals surface area contributed by atoms with Crippen LogP contribution in [0.3, 0.4) is 0 Å². The molecular weight excluding hydrogens is 221 g/mol. The minimum absolute atomic E-state index is 0.123. The van der Waals surface area contributed by atoms with E-state index in [-0.39, 0.29) is 10.4 Å². The predicted molar refractivity (Wildman–Crippen MR) is 57.2 cm³/mol. The van der Waals surface area contributed by atoms with Crippen LogP contribution >= 0.6 is 11.3 Å². The highest BCUT2D eigenvalue weighted by atomic mass is 32.1. The van der Waals surface area contributed by atoms with Gasteiger partial charge in [0, 0.05) is 12.5 Å². The van der Waals surface area contributed by atoms with Gasteiger partial charge in [-0.05, 0) is 30.9 Å². The predicted octanol–water partition coefficient (Wildman–Crippen LogP) is 4.62. The van der Waals surface area contributed by atoms with Crippen LogP contribution in [-0.2, 0) is 11.6 Å². The van der Waals surface area contributed by atoms with Crippen LogP contribution in [0.15, 0.2) is 23.6 Å². The fraction of sp³-hybridized carbons (Fsp3) is 0.455. The molecule has 4 heteroatoms. The van der Waals surface area contributed by atoms with E-state index >= 15 is 0 Å². The molecule has 1 aromatic heterocycles. The van der Waals surface area contributed by atoms with Crippen molar-refractivity contribution in [1.29, 1.82) is 0 Å². The molecule has 1 atom stereocenters. The Morgan fingerprint density at radius 3 is 2.20 bits per heavy atom. The second-order valence-corrected chi connectivity index (χ2v) is 4.78. The second-order valence-electron chi connectivity index (χ2n) is 3.87. The van der Waals surface area contributed by atoms with E-state index in [1.807, 2.05) is 0 Å². The van der Waals surface area contributed by atoms with Gasteiger partial charge in [0.05, 0.1) is 4.88 Å². The van der Waals surface area contributed by atoms with E-state index in [2.05, 4.69) is 6.58 Å². The highest BCUT2D eigenvalue weighted by Crippen LogP contribution is 2.39. The van der Waals surface area contributed by atoms with Crippen molar-refractivity contribution in [2.45, 2.75) is 32.4 Å². The summed E-state index contributed by atoms with van der Waals surface area (Å²) in [5.74, 6) is -2.91. The lowest BCUT2D eigenvalue weighted by Gasteiger charge is -2.19. The van der Waals surface area contributed by atoms with Crippen LogP contribution in [0.5, 0.6) is 0 Å². The number of hydrogen-bond acceptors (Lipinski definition) is 1. The van der Waals surface area contributed by atoms with Crippen molar-refractivity contribution in [3.8, 4) is 0 Å². The second kappa shape index (κ2) is 3.67. The maximum absolute atomic E-state index is 14.0. The Morgan fingerprint density at radius 1 is 1.33 bits per heavy atom. The van der Waals surface area contributed by atoms with Crippen molar-refractivity contribution < 1.29 is 13.2 Å². The summed E-state index contributed by atoms with van der Waals surface area (Å²) in [6.45, 7) is 7.19. The Bertz CT molecular complexity index is 371. The van der Waals surface area contributed by atoms with E-state index in [0.29, 0.717) is 5.57 Å². The molecule has 0 fully saturated rings. The first-order valence-electron chi connectivity index (χ1n) is 4.48. The number of hydrogen-bond donors (Lipinski definition) is 0. The topological polar surface area (TPSA) is 0 Å². The molecule has 0 spiro atoms. The van der Waals surface area contributed by atoms with Gasteiger partial charge in [-0.25, -0.2) is 13.2 Å². The van der Waals surface area contributed by atoms with Crippen LogP contribution < -0.4 is 0 Å². The summed E-state index contributed by atoms with van der Waals surface area (Å²) < 4.78 is 39.9. The first-order valence-corrected chi connectivity index (χ1v) is 5.36. The molecule has 84 valence electrons. The molecule has 0 bridgehead atoms. The maximum atomic E-state index is 14.0. The van der Waals surface area contributed by atoms with E-state index in [1.54, 1.807) is 6.92 Å². The fourth-order valence-electron chi connectivity index (χ4n) is 1.06. The minimum Gasteiger partial charge on any atom is -0.234 e. The molecule has 0 radical (unpaired) electrons. The molecule has 0 N–H and O–H groups in total. The largest absolute Gasteiger partial charge is 0.279 e. The zero-order valence-corrected chi connectivity index (χ0v) is 9.72. The average molecular weight is 234 g/mol. The summed E-state index contributed by atoms with van der Waals surface area (Å²) in [6, 6.07) is 1.21. The number of thiophene rings is 1. The third-order valence-electron chi connectivity index (χ3n) is 2.38. The van der Waals surface area contributed by atoms with Crippen LogP contribution in [0, 0.1) is 0 Å². The van der Waals surface area contributed by atoms with Crippen LogP contribution in [0.1, 0.15) is 31.2 Å². The van der Waals surface area contributed by atoms with Crippen molar-refractivity contribution in [1.82, 2.24) is 0 Å². The van der Waals surface area contributed by atoms with Crippen molar-refractivity contribution in [2.24, 2.45) is 0 Å². The molecule has 1 unspecified atom stereocenters. The molecular formula is C11H13F3S. The summed E-state index contributed by atoms with van der Waals surface area (Å²) in [5, 5.41) is 1.42. The molecule has 0 saturated heterocycles. The van der Waals surface area contributed by atoms with Crippen molar-refractivity contribution in [3.05, 3.63) is 34.0 Å². The zero-order chi connectivity index (χ0) is 11.9. The van der Waals surface area contributed by atoms with Gasteiger partial charge in [0.25, 0.3) is 5.92 Å².